The summed E-state index contributed by atoms with van der Waals surface area (Å²) in [5.41, 5.74) is -0.676. The van der Waals surface area contributed by atoms with Gasteiger partial charge in [0.15, 0.2) is 0 Å². The first kappa shape index (κ1) is 14.6. The number of nitrogens with zero attached hydrogens (tertiary/aromatic N) is 3. The normalized spacial score (nSPS) is 22.6. The van der Waals surface area contributed by atoms with Crippen LogP contribution in [0.25, 0.3) is 0 Å². The molecule has 0 spiro atoms. The van der Waals surface area contributed by atoms with Crippen LogP contribution in [0.5, 0.6) is 5.88 Å². The zero-order valence-corrected chi connectivity index (χ0v) is 12.2. The Kier molecular flexibility index (Phi) is 4.11. The van der Waals surface area contributed by atoms with E-state index < -0.39 is 11.4 Å². The summed E-state index contributed by atoms with van der Waals surface area (Å²) >= 11 is 0. The van der Waals surface area contributed by atoms with Gasteiger partial charge in [0, 0.05) is 19.2 Å². The minimum Gasteiger partial charge on any atom is -0.481 e. The molecule has 1 N–H and O–H groups in total. The number of anilines is 1. The molecular formula is C14H21N3O3. The number of hydrogen-bond acceptors (Lipinski definition) is 5. The molecule has 6 nitrogen and oxygen atoms in total. The topological polar surface area (TPSA) is 75.5 Å². The van der Waals surface area contributed by atoms with Gasteiger partial charge in [-0.25, -0.2) is 4.98 Å². The van der Waals surface area contributed by atoms with Crippen molar-refractivity contribution in [3.05, 3.63) is 11.9 Å². The zero-order valence-electron chi connectivity index (χ0n) is 12.2. The molecule has 1 unspecified atom stereocenters. The lowest BCUT2D eigenvalue weighted by Gasteiger charge is -2.40. The lowest BCUT2D eigenvalue weighted by molar-refractivity contribution is -0.149. The summed E-state index contributed by atoms with van der Waals surface area (Å²) in [7, 11) is 1.56. The van der Waals surface area contributed by atoms with Gasteiger partial charge in [0.2, 0.25) is 5.88 Å². The number of rotatable bonds is 4. The number of aromatic nitrogens is 2. The molecule has 1 atom stereocenters. The molecule has 0 radical (unpaired) electrons. The fourth-order valence-corrected chi connectivity index (χ4v) is 2.73. The first-order chi connectivity index (χ1) is 9.50. The van der Waals surface area contributed by atoms with Crippen molar-refractivity contribution in [2.24, 2.45) is 5.41 Å². The highest BCUT2D eigenvalue weighted by Gasteiger charge is 2.41. The van der Waals surface area contributed by atoms with Crippen LogP contribution in [0.3, 0.4) is 0 Å². The van der Waals surface area contributed by atoms with E-state index in [1.807, 2.05) is 11.8 Å². The lowest BCUT2D eigenvalue weighted by Crippen LogP contribution is -2.48. The minimum atomic E-state index is -0.720. The van der Waals surface area contributed by atoms with Crippen LogP contribution in [0.1, 0.15) is 32.0 Å². The van der Waals surface area contributed by atoms with Crippen molar-refractivity contribution in [1.29, 1.82) is 0 Å². The minimum absolute atomic E-state index is 0.485. The maximum Gasteiger partial charge on any atom is 0.311 e. The molecule has 0 amide bonds. The van der Waals surface area contributed by atoms with Crippen molar-refractivity contribution in [2.75, 3.05) is 25.1 Å². The van der Waals surface area contributed by atoms with Crippen molar-refractivity contribution >= 4 is 11.8 Å². The van der Waals surface area contributed by atoms with Crippen LogP contribution < -0.4 is 9.64 Å². The van der Waals surface area contributed by atoms with Crippen LogP contribution >= 0.6 is 0 Å². The maximum absolute atomic E-state index is 11.6. The highest BCUT2D eigenvalue weighted by Crippen LogP contribution is 2.35. The molecule has 0 aromatic carbocycles. The molecule has 0 saturated carbocycles. The highest BCUT2D eigenvalue weighted by molar-refractivity contribution is 5.76. The summed E-state index contributed by atoms with van der Waals surface area (Å²) in [4.78, 5) is 22.2. The number of carboxylic acid groups (broad SMARTS) is 1. The molecule has 20 heavy (non-hydrogen) atoms. The van der Waals surface area contributed by atoms with E-state index in [4.69, 9.17) is 4.74 Å². The largest absolute Gasteiger partial charge is 0.481 e. The second-order valence-corrected chi connectivity index (χ2v) is 5.28. The SMILES string of the molecule is CCC1(C(=O)O)CCCN(c2cc(OC)nc(C)n2)C1. The van der Waals surface area contributed by atoms with E-state index in [-0.39, 0.29) is 0 Å². The van der Waals surface area contributed by atoms with E-state index in [0.29, 0.717) is 24.7 Å². The number of hydrogen-bond donors (Lipinski definition) is 1. The van der Waals surface area contributed by atoms with Gasteiger partial charge in [0.05, 0.1) is 12.5 Å². The van der Waals surface area contributed by atoms with E-state index in [0.717, 1.165) is 25.2 Å². The molecule has 1 saturated heterocycles. The van der Waals surface area contributed by atoms with Crippen LogP contribution in [0.4, 0.5) is 5.82 Å². The Balaban J connectivity index is 2.29. The van der Waals surface area contributed by atoms with E-state index in [1.165, 1.54) is 0 Å². The Morgan fingerprint density at radius 2 is 2.30 bits per heavy atom. The van der Waals surface area contributed by atoms with E-state index in [9.17, 15) is 9.90 Å². The summed E-state index contributed by atoms with van der Waals surface area (Å²) in [6.07, 6.45) is 2.20. The summed E-state index contributed by atoms with van der Waals surface area (Å²) in [5.74, 6) is 1.16. The van der Waals surface area contributed by atoms with Gasteiger partial charge >= 0.3 is 5.97 Å². The highest BCUT2D eigenvalue weighted by atomic mass is 16.5. The van der Waals surface area contributed by atoms with Gasteiger partial charge in [-0.15, -0.1) is 0 Å². The molecule has 2 heterocycles. The van der Waals surface area contributed by atoms with Crippen molar-refractivity contribution in [3.8, 4) is 5.88 Å². The third-order valence-electron chi connectivity index (χ3n) is 4.04. The number of ether oxygens (including phenoxy) is 1. The van der Waals surface area contributed by atoms with E-state index in [2.05, 4.69) is 9.97 Å². The quantitative estimate of drug-likeness (QED) is 0.907. The van der Waals surface area contributed by atoms with Crippen molar-refractivity contribution in [3.63, 3.8) is 0 Å². The molecule has 0 bridgehead atoms. The zero-order chi connectivity index (χ0) is 14.8. The van der Waals surface area contributed by atoms with E-state index >= 15 is 0 Å². The second kappa shape index (κ2) is 5.64. The number of carbonyl (C=O) groups is 1. The second-order valence-electron chi connectivity index (χ2n) is 5.28. The fraction of sp³-hybridized carbons (Fsp3) is 0.643. The summed E-state index contributed by atoms with van der Waals surface area (Å²) in [6.45, 7) is 5.04. The Morgan fingerprint density at radius 1 is 1.55 bits per heavy atom. The molecule has 1 aliphatic heterocycles. The molecule has 2 rings (SSSR count). The number of methoxy groups -OCH3 is 1. The Bertz CT molecular complexity index is 506. The summed E-state index contributed by atoms with van der Waals surface area (Å²) < 4.78 is 5.16. The first-order valence-corrected chi connectivity index (χ1v) is 6.89. The van der Waals surface area contributed by atoms with Crippen LogP contribution in [0, 0.1) is 12.3 Å². The average molecular weight is 279 g/mol. The van der Waals surface area contributed by atoms with Gasteiger partial charge in [-0.3, -0.25) is 4.79 Å². The summed E-state index contributed by atoms with van der Waals surface area (Å²) in [6, 6.07) is 1.76. The van der Waals surface area contributed by atoms with Crippen molar-refractivity contribution in [1.82, 2.24) is 9.97 Å². The van der Waals surface area contributed by atoms with Gasteiger partial charge < -0.3 is 14.7 Å². The molecule has 1 aliphatic rings. The Labute approximate surface area is 118 Å². The molecule has 0 aliphatic carbocycles. The van der Waals surface area contributed by atoms with Gasteiger partial charge in [-0.1, -0.05) is 6.92 Å². The lowest BCUT2D eigenvalue weighted by atomic mass is 9.77. The Hall–Kier alpha value is -1.85. The molecule has 1 aromatic heterocycles. The smallest absolute Gasteiger partial charge is 0.311 e. The Morgan fingerprint density at radius 3 is 2.90 bits per heavy atom. The fourth-order valence-electron chi connectivity index (χ4n) is 2.73. The van der Waals surface area contributed by atoms with Crippen molar-refractivity contribution < 1.29 is 14.6 Å². The maximum atomic E-state index is 11.6. The average Bonchev–Trinajstić information content (AvgIpc) is 2.46. The number of aryl methyl sites for hydroxylation is 1. The number of carboxylic acids is 1. The molecular weight excluding hydrogens is 258 g/mol. The van der Waals surface area contributed by atoms with E-state index in [1.54, 1.807) is 20.1 Å². The van der Waals surface area contributed by atoms with Crippen molar-refractivity contribution in [2.45, 2.75) is 33.1 Å². The third-order valence-corrected chi connectivity index (χ3v) is 4.04. The molecule has 1 aromatic rings. The standard InChI is InChI=1S/C14H21N3O3/c1-4-14(13(18)19)6-5-7-17(9-14)11-8-12(20-3)16-10(2)15-11/h8H,4-7,9H2,1-3H3,(H,18,19). The third kappa shape index (κ3) is 2.69. The molecule has 110 valence electrons. The van der Waals surface area contributed by atoms with Gasteiger partial charge in [-0.05, 0) is 26.2 Å². The van der Waals surface area contributed by atoms with Gasteiger partial charge in [0.1, 0.15) is 11.6 Å². The first-order valence-electron chi connectivity index (χ1n) is 6.89. The predicted octanol–water partition coefficient (Wildman–Crippen LogP) is 1.87. The number of aliphatic carboxylic acids is 1. The van der Waals surface area contributed by atoms with Crippen LogP contribution in [0.2, 0.25) is 0 Å². The number of piperidine rings is 1. The van der Waals surface area contributed by atoms with Gasteiger partial charge in [-0.2, -0.15) is 4.98 Å². The summed E-state index contributed by atoms with van der Waals surface area (Å²) in [5, 5.41) is 9.52. The molecule has 6 heteroatoms. The van der Waals surface area contributed by atoms with Gasteiger partial charge in [0.25, 0.3) is 0 Å². The predicted molar refractivity (Wildman–Crippen MR) is 75.1 cm³/mol. The van der Waals surface area contributed by atoms with Crippen LogP contribution in [0.15, 0.2) is 6.07 Å². The van der Waals surface area contributed by atoms with Crippen LogP contribution in [-0.4, -0.2) is 41.2 Å². The molecule has 1 fully saturated rings. The monoisotopic (exact) mass is 279 g/mol. The van der Waals surface area contributed by atoms with Crippen LogP contribution in [-0.2, 0) is 4.79 Å².